The summed E-state index contributed by atoms with van der Waals surface area (Å²) in [6.07, 6.45) is -0.725. The fourth-order valence-corrected chi connectivity index (χ4v) is 2.66. The SMILES string of the molecule is CCOCCCN=C(N)NCCC1CCN(CC(F)(F)F)CC1.I. The Labute approximate surface area is 159 Å². The van der Waals surface area contributed by atoms with Crippen molar-refractivity contribution >= 4 is 29.9 Å². The van der Waals surface area contributed by atoms with Crippen molar-refractivity contribution in [1.82, 2.24) is 10.2 Å². The third kappa shape index (κ3) is 12.1. The minimum absolute atomic E-state index is 0. The number of hydrogen-bond donors (Lipinski definition) is 2. The van der Waals surface area contributed by atoms with Crippen molar-refractivity contribution in [3.05, 3.63) is 0 Å². The van der Waals surface area contributed by atoms with Crippen LogP contribution in [0.2, 0.25) is 0 Å². The van der Waals surface area contributed by atoms with Crippen LogP contribution in [0.4, 0.5) is 13.2 Å². The molecule has 1 rings (SSSR count). The molecule has 1 heterocycles. The molecule has 0 atom stereocenters. The summed E-state index contributed by atoms with van der Waals surface area (Å²) in [7, 11) is 0. The molecule has 0 bridgehead atoms. The Hall–Kier alpha value is -0.290. The number of hydrogen-bond acceptors (Lipinski definition) is 3. The fourth-order valence-electron chi connectivity index (χ4n) is 2.66. The van der Waals surface area contributed by atoms with E-state index in [1.165, 1.54) is 4.90 Å². The summed E-state index contributed by atoms with van der Waals surface area (Å²) < 4.78 is 42.1. The molecule has 9 heteroatoms. The smallest absolute Gasteiger partial charge is 0.382 e. The molecule has 24 heavy (non-hydrogen) atoms. The summed E-state index contributed by atoms with van der Waals surface area (Å²) in [5.74, 6) is 0.883. The Kier molecular flexibility index (Phi) is 12.8. The zero-order valence-corrected chi connectivity index (χ0v) is 16.6. The zero-order chi connectivity index (χ0) is 17.1. The van der Waals surface area contributed by atoms with Gasteiger partial charge in [0.25, 0.3) is 0 Å². The average Bonchev–Trinajstić information content (AvgIpc) is 2.47. The molecule has 1 aliphatic rings. The predicted octanol–water partition coefficient (Wildman–Crippen LogP) is 2.60. The van der Waals surface area contributed by atoms with Gasteiger partial charge in [-0.05, 0) is 51.6 Å². The highest BCUT2D eigenvalue weighted by molar-refractivity contribution is 14.0. The Morgan fingerprint density at radius 3 is 2.58 bits per heavy atom. The van der Waals surface area contributed by atoms with Gasteiger partial charge in [-0.3, -0.25) is 9.89 Å². The van der Waals surface area contributed by atoms with Crippen LogP contribution in [0.3, 0.4) is 0 Å². The van der Waals surface area contributed by atoms with Crippen LogP contribution in [0.15, 0.2) is 4.99 Å². The number of guanidine groups is 1. The maximum absolute atomic E-state index is 12.3. The van der Waals surface area contributed by atoms with E-state index in [0.717, 1.165) is 25.7 Å². The number of nitrogens with zero attached hydrogens (tertiary/aromatic N) is 2. The van der Waals surface area contributed by atoms with E-state index in [2.05, 4.69) is 10.3 Å². The van der Waals surface area contributed by atoms with Crippen molar-refractivity contribution in [3.63, 3.8) is 0 Å². The minimum Gasteiger partial charge on any atom is -0.382 e. The molecule has 3 N–H and O–H groups in total. The molecular weight excluding hydrogens is 436 g/mol. The van der Waals surface area contributed by atoms with E-state index in [1.807, 2.05) is 6.92 Å². The molecule has 0 amide bonds. The van der Waals surface area contributed by atoms with Gasteiger partial charge in [0.05, 0.1) is 6.54 Å². The summed E-state index contributed by atoms with van der Waals surface area (Å²) >= 11 is 0. The van der Waals surface area contributed by atoms with Gasteiger partial charge in [0.1, 0.15) is 0 Å². The first-order valence-corrected chi connectivity index (χ1v) is 8.31. The number of nitrogens with one attached hydrogen (secondary N) is 1. The number of piperidine rings is 1. The van der Waals surface area contributed by atoms with Crippen molar-refractivity contribution in [2.45, 2.75) is 38.8 Å². The quantitative estimate of drug-likeness (QED) is 0.238. The van der Waals surface area contributed by atoms with Gasteiger partial charge in [-0.15, -0.1) is 24.0 Å². The molecule has 1 saturated heterocycles. The van der Waals surface area contributed by atoms with Crippen molar-refractivity contribution in [1.29, 1.82) is 0 Å². The minimum atomic E-state index is -4.10. The highest BCUT2D eigenvalue weighted by Crippen LogP contribution is 2.23. The number of likely N-dealkylation sites (tertiary alicyclic amines) is 1. The monoisotopic (exact) mass is 466 g/mol. The van der Waals surface area contributed by atoms with Crippen LogP contribution in [0.5, 0.6) is 0 Å². The molecule has 0 radical (unpaired) electrons. The van der Waals surface area contributed by atoms with Crippen molar-refractivity contribution in [2.75, 3.05) is 45.9 Å². The summed E-state index contributed by atoms with van der Waals surface area (Å²) in [5, 5.41) is 3.06. The summed E-state index contributed by atoms with van der Waals surface area (Å²) in [6, 6.07) is 0. The number of ether oxygens (including phenoxy) is 1. The van der Waals surface area contributed by atoms with Gasteiger partial charge in [-0.2, -0.15) is 13.2 Å². The molecule has 5 nitrogen and oxygen atoms in total. The lowest BCUT2D eigenvalue weighted by Crippen LogP contribution is -2.41. The maximum atomic E-state index is 12.3. The van der Waals surface area contributed by atoms with Crippen LogP contribution < -0.4 is 11.1 Å². The van der Waals surface area contributed by atoms with E-state index in [0.29, 0.717) is 51.3 Å². The molecule has 0 saturated carbocycles. The lowest BCUT2D eigenvalue weighted by atomic mass is 9.93. The molecule has 0 aromatic carbocycles. The molecule has 0 aliphatic carbocycles. The van der Waals surface area contributed by atoms with Crippen LogP contribution in [-0.2, 0) is 4.74 Å². The van der Waals surface area contributed by atoms with E-state index < -0.39 is 12.7 Å². The van der Waals surface area contributed by atoms with E-state index in [1.54, 1.807) is 0 Å². The topological polar surface area (TPSA) is 62.9 Å². The van der Waals surface area contributed by atoms with E-state index in [4.69, 9.17) is 10.5 Å². The van der Waals surface area contributed by atoms with E-state index >= 15 is 0 Å². The second kappa shape index (κ2) is 13.0. The molecule has 144 valence electrons. The Morgan fingerprint density at radius 1 is 1.33 bits per heavy atom. The second-order valence-electron chi connectivity index (χ2n) is 5.87. The number of nitrogens with two attached hydrogens (primary N) is 1. The maximum Gasteiger partial charge on any atom is 0.401 e. The third-order valence-corrected chi connectivity index (χ3v) is 3.90. The Morgan fingerprint density at radius 2 is 2.00 bits per heavy atom. The number of alkyl halides is 3. The van der Waals surface area contributed by atoms with Crippen molar-refractivity contribution in [2.24, 2.45) is 16.6 Å². The average molecular weight is 466 g/mol. The van der Waals surface area contributed by atoms with Gasteiger partial charge in [0.2, 0.25) is 0 Å². The van der Waals surface area contributed by atoms with E-state index in [9.17, 15) is 13.2 Å². The second-order valence-corrected chi connectivity index (χ2v) is 5.87. The highest BCUT2D eigenvalue weighted by atomic mass is 127. The van der Waals surface area contributed by atoms with Crippen molar-refractivity contribution < 1.29 is 17.9 Å². The predicted molar refractivity (Wildman–Crippen MR) is 101 cm³/mol. The van der Waals surface area contributed by atoms with Crippen LogP contribution in [0.25, 0.3) is 0 Å². The molecule has 0 unspecified atom stereocenters. The van der Waals surface area contributed by atoms with Gasteiger partial charge in [-0.1, -0.05) is 0 Å². The van der Waals surface area contributed by atoms with Crippen LogP contribution in [-0.4, -0.2) is 63.0 Å². The molecule has 0 aromatic rings. The van der Waals surface area contributed by atoms with E-state index in [-0.39, 0.29) is 24.0 Å². The first kappa shape index (κ1) is 23.7. The highest BCUT2D eigenvalue weighted by Gasteiger charge is 2.32. The van der Waals surface area contributed by atoms with Crippen molar-refractivity contribution in [3.8, 4) is 0 Å². The number of halogens is 4. The van der Waals surface area contributed by atoms with Gasteiger partial charge in [0.15, 0.2) is 5.96 Å². The molecule has 1 fully saturated rings. The van der Waals surface area contributed by atoms with Gasteiger partial charge in [-0.25, -0.2) is 0 Å². The van der Waals surface area contributed by atoms with Gasteiger partial charge in [0, 0.05) is 26.3 Å². The van der Waals surface area contributed by atoms with Gasteiger partial charge < -0.3 is 15.8 Å². The first-order chi connectivity index (χ1) is 10.9. The standard InChI is InChI=1S/C15H29F3N4O.HI/c1-2-23-11-3-7-20-14(19)21-8-4-13-5-9-22(10-6-13)12-15(16,17)18;/h13H,2-12H2,1H3,(H3,19,20,21);1H. The first-order valence-electron chi connectivity index (χ1n) is 8.31. The summed E-state index contributed by atoms with van der Waals surface area (Å²) in [6.45, 7) is 4.94. The fraction of sp³-hybridized carbons (Fsp3) is 0.933. The lowest BCUT2D eigenvalue weighted by Gasteiger charge is -2.32. The molecule has 0 spiro atoms. The zero-order valence-electron chi connectivity index (χ0n) is 14.3. The third-order valence-electron chi connectivity index (χ3n) is 3.90. The van der Waals surface area contributed by atoms with Crippen LogP contribution in [0.1, 0.15) is 32.6 Å². The Balaban J connectivity index is 0.00000529. The van der Waals surface area contributed by atoms with Gasteiger partial charge >= 0.3 is 6.18 Å². The summed E-state index contributed by atoms with van der Waals surface area (Å²) in [5.41, 5.74) is 5.76. The van der Waals surface area contributed by atoms with Crippen LogP contribution >= 0.6 is 24.0 Å². The Bertz CT molecular complexity index is 348. The summed E-state index contributed by atoms with van der Waals surface area (Å²) in [4.78, 5) is 5.69. The normalized spacial score (nSPS) is 17.6. The largest absolute Gasteiger partial charge is 0.401 e. The molecular formula is C15H30F3IN4O. The number of aliphatic imine (C=N–C) groups is 1. The molecule has 0 aromatic heterocycles. The van der Waals surface area contributed by atoms with Crippen LogP contribution in [0, 0.1) is 5.92 Å². The lowest BCUT2D eigenvalue weighted by molar-refractivity contribution is -0.148. The number of rotatable bonds is 9. The molecule has 1 aliphatic heterocycles.